The minimum absolute atomic E-state index is 0.0376. The van der Waals surface area contributed by atoms with Gasteiger partial charge in [-0.2, -0.15) is 0 Å². The molecule has 2 nitrogen and oxygen atoms in total. The average molecular weight is 499 g/mol. The largest absolute Gasteiger partial charge is 0.282 e. The molecule has 0 atom stereocenters. The van der Waals surface area contributed by atoms with E-state index in [-0.39, 0.29) is 16.0 Å². The summed E-state index contributed by atoms with van der Waals surface area (Å²) >= 11 is 2.15. The van der Waals surface area contributed by atoms with Crippen LogP contribution in [0.2, 0.25) is 0 Å². The third-order valence-corrected chi connectivity index (χ3v) is 7.46. The number of hydrogen-bond donors (Lipinski definition) is 0. The highest BCUT2D eigenvalue weighted by Gasteiger charge is 2.11. The average Bonchev–Trinajstić information content (AvgIpc) is 2.84. The van der Waals surface area contributed by atoms with Gasteiger partial charge in [-0.15, -0.1) is 0 Å². The Labute approximate surface area is 213 Å². The van der Waals surface area contributed by atoms with E-state index in [1.165, 1.54) is 17.8 Å². The minimum atomic E-state index is -0.372. The second kappa shape index (κ2) is 10.5. The van der Waals surface area contributed by atoms with Crippen LogP contribution in [0, 0.1) is 5.82 Å². The van der Waals surface area contributed by atoms with Crippen molar-refractivity contribution in [2.24, 2.45) is 0 Å². The lowest BCUT2D eigenvalue weighted by Crippen LogP contribution is -1.92. The predicted molar refractivity (Wildman–Crippen MR) is 146 cm³/mol. The number of fused-ring (bicyclic) bond motifs is 1. The van der Waals surface area contributed by atoms with Crippen molar-refractivity contribution in [2.75, 3.05) is 0 Å². The van der Waals surface area contributed by atoms with Gasteiger partial charge >= 0.3 is 0 Å². The lowest BCUT2D eigenvalue weighted by Gasteiger charge is -2.09. The van der Waals surface area contributed by atoms with Crippen LogP contribution in [0.4, 0.5) is 4.39 Å². The van der Waals surface area contributed by atoms with Gasteiger partial charge in [0.1, 0.15) is 5.82 Å². The second-order valence-electron chi connectivity index (χ2n) is 8.28. The first kappa shape index (κ1) is 24.7. The number of benzene rings is 4. The second-order valence-corrected chi connectivity index (χ2v) is 10.4. The maximum absolute atomic E-state index is 14.9. The van der Waals surface area contributed by atoms with Gasteiger partial charge in [0.2, 0.25) is 10.2 Å². The third kappa shape index (κ3) is 5.81. The van der Waals surface area contributed by atoms with E-state index in [1.807, 2.05) is 54.6 Å². The van der Waals surface area contributed by atoms with Crippen LogP contribution in [0.1, 0.15) is 13.8 Å². The van der Waals surface area contributed by atoms with Gasteiger partial charge in [-0.3, -0.25) is 9.59 Å². The SMILES string of the molecule is C=C(C)C(=O)Sc1ccc(-c2ccc3cc(-c4ccc(SC(=O)C(=C)C)cc4F)ccc3c2)cc1. The zero-order valence-electron chi connectivity index (χ0n) is 19.4. The maximum Gasteiger partial charge on any atom is 0.219 e. The molecular weight excluding hydrogens is 475 g/mol. The van der Waals surface area contributed by atoms with E-state index >= 15 is 0 Å². The van der Waals surface area contributed by atoms with Gasteiger partial charge < -0.3 is 0 Å². The molecule has 4 aromatic carbocycles. The summed E-state index contributed by atoms with van der Waals surface area (Å²) in [6, 6.07) is 24.7. The van der Waals surface area contributed by atoms with Gasteiger partial charge in [0.25, 0.3) is 0 Å². The van der Waals surface area contributed by atoms with Crippen LogP contribution in [0.3, 0.4) is 0 Å². The van der Waals surface area contributed by atoms with Crippen LogP contribution in [0.5, 0.6) is 0 Å². The Morgan fingerprint density at radius 3 is 1.69 bits per heavy atom. The molecule has 0 radical (unpaired) electrons. The highest BCUT2D eigenvalue weighted by atomic mass is 32.2. The zero-order valence-corrected chi connectivity index (χ0v) is 21.1. The summed E-state index contributed by atoms with van der Waals surface area (Å²) in [5.41, 5.74) is 4.32. The van der Waals surface area contributed by atoms with Gasteiger partial charge in [-0.25, -0.2) is 4.39 Å². The summed E-state index contributed by atoms with van der Waals surface area (Å²) in [6.07, 6.45) is 0. The number of halogens is 1. The van der Waals surface area contributed by atoms with Crippen molar-refractivity contribution >= 4 is 44.5 Å². The quantitative estimate of drug-likeness (QED) is 0.197. The molecule has 174 valence electrons. The van der Waals surface area contributed by atoms with Crippen molar-refractivity contribution in [2.45, 2.75) is 23.6 Å². The molecule has 0 unspecified atom stereocenters. The molecule has 0 amide bonds. The molecule has 4 rings (SSSR count). The summed E-state index contributed by atoms with van der Waals surface area (Å²) in [7, 11) is 0. The van der Waals surface area contributed by atoms with Crippen molar-refractivity contribution in [1.29, 1.82) is 0 Å². The lowest BCUT2D eigenvalue weighted by molar-refractivity contribution is -0.108. The van der Waals surface area contributed by atoms with Crippen LogP contribution >= 0.6 is 23.5 Å². The summed E-state index contributed by atoms with van der Waals surface area (Å²) in [4.78, 5) is 25.2. The highest BCUT2D eigenvalue weighted by molar-refractivity contribution is 8.14. The van der Waals surface area contributed by atoms with Crippen LogP contribution < -0.4 is 0 Å². The first-order chi connectivity index (χ1) is 16.7. The number of rotatable bonds is 6. The van der Waals surface area contributed by atoms with E-state index in [4.69, 9.17) is 0 Å². The van der Waals surface area contributed by atoms with E-state index in [9.17, 15) is 14.0 Å². The van der Waals surface area contributed by atoms with E-state index in [1.54, 1.807) is 26.0 Å². The van der Waals surface area contributed by atoms with Crippen LogP contribution in [0.15, 0.2) is 113 Å². The molecule has 35 heavy (non-hydrogen) atoms. The molecule has 0 N–H and O–H groups in total. The third-order valence-electron chi connectivity index (χ3n) is 5.40. The van der Waals surface area contributed by atoms with Gasteiger partial charge in [0.15, 0.2) is 0 Å². The fourth-order valence-electron chi connectivity index (χ4n) is 3.49. The lowest BCUT2D eigenvalue weighted by atomic mass is 9.97. The topological polar surface area (TPSA) is 34.1 Å². The van der Waals surface area contributed by atoms with E-state index in [2.05, 4.69) is 19.2 Å². The van der Waals surface area contributed by atoms with Crippen LogP contribution in [-0.2, 0) is 9.59 Å². The molecule has 0 heterocycles. The van der Waals surface area contributed by atoms with E-state index in [0.29, 0.717) is 21.6 Å². The summed E-state index contributed by atoms with van der Waals surface area (Å²) < 4.78 is 14.9. The van der Waals surface area contributed by atoms with Crippen molar-refractivity contribution in [3.8, 4) is 22.3 Å². The Morgan fingerprint density at radius 2 is 1.11 bits per heavy atom. The first-order valence-electron chi connectivity index (χ1n) is 10.9. The molecule has 0 aliphatic rings. The van der Waals surface area contributed by atoms with Crippen molar-refractivity contribution in [3.63, 3.8) is 0 Å². The first-order valence-corrected chi connectivity index (χ1v) is 12.5. The molecule has 0 saturated heterocycles. The molecule has 0 aliphatic carbocycles. The summed E-state index contributed by atoms with van der Waals surface area (Å²) in [5.74, 6) is -0.372. The van der Waals surface area contributed by atoms with Crippen LogP contribution in [-0.4, -0.2) is 10.2 Å². The normalized spacial score (nSPS) is 10.8. The molecular formula is C30H23FO2S2. The Hall–Kier alpha value is -3.41. The van der Waals surface area contributed by atoms with Gasteiger partial charge in [0, 0.05) is 15.4 Å². The minimum Gasteiger partial charge on any atom is -0.282 e. The molecule has 0 aliphatic heterocycles. The Bertz CT molecular complexity index is 1490. The molecule has 0 fully saturated rings. The number of carbonyl (C=O) groups is 2. The maximum atomic E-state index is 14.9. The fourth-order valence-corrected chi connectivity index (χ4v) is 4.84. The van der Waals surface area contributed by atoms with Crippen molar-refractivity contribution in [3.05, 3.63) is 109 Å². The Morgan fingerprint density at radius 1 is 0.629 bits per heavy atom. The molecule has 4 aromatic rings. The van der Waals surface area contributed by atoms with Crippen molar-refractivity contribution < 1.29 is 14.0 Å². The number of hydrogen-bond acceptors (Lipinski definition) is 4. The monoisotopic (exact) mass is 498 g/mol. The molecule has 0 saturated carbocycles. The van der Waals surface area contributed by atoms with E-state index in [0.717, 1.165) is 44.1 Å². The van der Waals surface area contributed by atoms with E-state index < -0.39 is 0 Å². The van der Waals surface area contributed by atoms with Gasteiger partial charge in [-0.1, -0.05) is 55.6 Å². The summed E-state index contributed by atoms with van der Waals surface area (Å²) in [5, 5.41) is 1.83. The Kier molecular flexibility index (Phi) is 7.39. The summed E-state index contributed by atoms with van der Waals surface area (Å²) in [6.45, 7) is 10.7. The smallest absolute Gasteiger partial charge is 0.219 e. The van der Waals surface area contributed by atoms with Gasteiger partial charge in [0.05, 0.1) is 0 Å². The highest BCUT2D eigenvalue weighted by Crippen LogP contribution is 2.33. The number of thioether (sulfide) groups is 2. The standard InChI is InChI=1S/C30H23FO2S2/c1-18(2)29(32)34-25-11-9-20(10-12-25)21-5-6-23-16-24(8-7-22(23)15-21)27-14-13-26(17-28(27)31)35-30(33)19(3)4/h5-17H,1,3H2,2,4H3. The zero-order chi connectivity index (χ0) is 25.1. The van der Waals surface area contributed by atoms with Gasteiger partial charge in [-0.05, 0) is 112 Å². The molecule has 5 heteroatoms. The fraction of sp³-hybridized carbons (Fsp3) is 0.0667. The molecule has 0 bridgehead atoms. The molecule has 0 spiro atoms. The predicted octanol–water partition coefficient (Wildman–Crippen LogP) is 8.70. The number of carbonyl (C=O) groups excluding carboxylic acids is 2. The van der Waals surface area contributed by atoms with Crippen molar-refractivity contribution in [1.82, 2.24) is 0 Å². The van der Waals surface area contributed by atoms with Crippen LogP contribution in [0.25, 0.3) is 33.0 Å². The Balaban J connectivity index is 1.57. The molecule has 0 aromatic heterocycles.